The Balaban J connectivity index is 1.97. The van der Waals surface area contributed by atoms with E-state index in [1.807, 2.05) is 54.6 Å². The summed E-state index contributed by atoms with van der Waals surface area (Å²) < 4.78 is 25.9. The number of aromatic nitrogens is 1. The molecule has 1 heterocycles. The number of aldehydes is 1. The third kappa shape index (κ3) is 4.02. The molecule has 0 aliphatic heterocycles. The highest BCUT2D eigenvalue weighted by Crippen LogP contribution is 2.28. The highest BCUT2D eigenvalue weighted by molar-refractivity contribution is 7.74. The molecule has 132 valence electrons. The Morgan fingerprint density at radius 2 is 1.65 bits per heavy atom. The second-order valence-corrected chi connectivity index (χ2v) is 6.02. The van der Waals surface area contributed by atoms with Crippen LogP contribution in [0.3, 0.4) is 0 Å². The fourth-order valence-electron chi connectivity index (χ4n) is 2.57. The van der Waals surface area contributed by atoms with Crippen LogP contribution >= 0.6 is 0 Å². The van der Waals surface area contributed by atoms with Gasteiger partial charge in [0.25, 0.3) is 0 Å². The second kappa shape index (κ2) is 8.01. The van der Waals surface area contributed by atoms with Crippen molar-refractivity contribution in [2.75, 3.05) is 12.1 Å². The van der Waals surface area contributed by atoms with Crippen LogP contribution in [0.25, 0.3) is 22.3 Å². The summed E-state index contributed by atoms with van der Waals surface area (Å²) in [5.41, 5.74) is 4.00. The van der Waals surface area contributed by atoms with Gasteiger partial charge in [-0.1, -0.05) is 54.6 Å². The van der Waals surface area contributed by atoms with Gasteiger partial charge in [0.2, 0.25) is 0 Å². The third-order valence-corrected chi connectivity index (χ3v) is 4.19. The normalized spacial score (nSPS) is 11.8. The minimum atomic E-state index is -2.71. The molecule has 1 unspecified atom stereocenters. The number of rotatable bonds is 6. The Kier molecular flexibility index (Phi) is 5.52. The number of benzene rings is 2. The Hall–Kier alpha value is -2.87. The van der Waals surface area contributed by atoms with Crippen LogP contribution in [0.2, 0.25) is 0 Å². The quantitative estimate of drug-likeness (QED) is 0.377. The zero-order valence-electron chi connectivity index (χ0n) is 13.9. The average molecular weight is 367 g/mol. The molecule has 0 radical (unpaired) electrons. The summed E-state index contributed by atoms with van der Waals surface area (Å²) in [7, 11) is 1.42. The van der Waals surface area contributed by atoms with E-state index in [9.17, 15) is 13.6 Å². The average Bonchev–Trinajstić information content (AvgIpc) is 2.68. The van der Waals surface area contributed by atoms with Crippen molar-refractivity contribution in [2.45, 2.75) is 0 Å². The molecule has 0 N–H and O–H groups in total. The molecule has 0 fully saturated rings. The van der Waals surface area contributed by atoms with E-state index in [0.717, 1.165) is 21.8 Å². The number of hydrogen-bond acceptors (Lipinski definition) is 6. The standard InChI is InChI=1S/C19H16N2O4S/c1-21(25-26(23)24)19-11-18(17(13-22)12-20-19)16-9-7-15(8-10-16)14-5-3-2-4-6-14/h2-13H,1H3,(H,23,24)/p-1. The highest BCUT2D eigenvalue weighted by Gasteiger charge is 2.11. The van der Waals surface area contributed by atoms with Crippen LogP contribution < -0.4 is 5.06 Å². The van der Waals surface area contributed by atoms with Crippen LogP contribution in [0, 0.1) is 0 Å². The van der Waals surface area contributed by atoms with Crippen molar-refractivity contribution < 1.29 is 17.8 Å². The van der Waals surface area contributed by atoms with E-state index < -0.39 is 11.4 Å². The number of pyridine rings is 1. The predicted molar refractivity (Wildman–Crippen MR) is 98.9 cm³/mol. The summed E-state index contributed by atoms with van der Waals surface area (Å²) in [5, 5.41) is 1.01. The monoisotopic (exact) mass is 367 g/mol. The van der Waals surface area contributed by atoms with Crippen molar-refractivity contribution >= 4 is 23.5 Å². The van der Waals surface area contributed by atoms with Gasteiger partial charge in [-0.2, -0.15) is 4.28 Å². The molecule has 0 amide bonds. The first kappa shape index (κ1) is 17.9. The van der Waals surface area contributed by atoms with Crippen LogP contribution in [0.1, 0.15) is 10.4 Å². The third-order valence-electron chi connectivity index (χ3n) is 3.85. The van der Waals surface area contributed by atoms with E-state index in [1.54, 1.807) is 6.07 Å². The first-order chi connectivity index (χ1) is 12.6. The maximum Gasteiger partial charge on any atom is 0.153 e. The number of anilines is 1. The first-order valence-electron chi connectivity index (χ1n) is 7.71. The zero-order chi connectivity index (χ0) is 18.5. The summed E-state index contributed by atoms with van der Waals surface area (Å²) in [6.45, 7) is 0. The largest absolute Gasteiger partial charge is 0.748 e. The lowest BCUT2D eigenvalue weighted by molar-refractivity contribution is 0.112. The van der Waals surface area contributed by atoms with Gasteiger partial charge in [-0.3, -0.25) is 4.79 Å². The van der Waals surface area contributed by atoms with Crippen molar-refractivity contribution in [1.29, 1.82) is 0 Å². The number of carbonyl (C=O) groups is 1. The molecule has 6 nitrogen and oxygen atoms in total. The minimum Gasteiger partial charge on any atom is -0.748 e. The van der Waals surface area contributed by atoms with Gasteiger partial charge < -0.3 is 4.55 Å². The van der Waals surface area contributed by atoms with Crippen molar-refractivity contribution in [1.82, 2.24) is 4.98 Å². The molecule has 0 aliphatic rings. The lowest BCUT2D eigenvalue weighted by Crippen LogP contribution is -2.20. The number of nitrogens with zero attached hydrogens (tertiary/aromatic N) is 2. The fourth-order valence-corrected chi connectivity index (χ4v) is 2.83. The molecule has 0 bridgehead atoms. The van der Waals surface area contributed by atoms with Crippen molar-refractivity contribution in [3.8, 4) is 22.3 Å². The molecule has 0 aliphatic carbocycles. The van der Waals surface area contributed by atoms with Crippen LogP contribution in [-0.4, -0.2) is 27.1 Å². The number of hydroxylamine groups is 1. The lowest BCUT2D eigenvalue weighted by Gasteiger charge is -2.19. The van der Waals surface area contributed by atoms with E-state index in [-0.39, 0.29) is 5.82 Å². The molecule has 2 aromatic carbocycles. The Labute approximate surface area is 153 Å². The van der Waals surface area contributed by atoms with E-state index >= 15 is 0 Å². The van der Waals surface area contributed by atoms with Gasteiger partial charge in [0.15, 0.2) is 12.1 Å². The molecule has 7 heteroatoms. The Morgan fingerprint density at radius 1 is 1.04 bits per heavy atom. The Morgan fingerprint density at radius 3 is 2.27 bits per heavy atom. The van der Waals surface area contributed by atoms with Gasteiger partial charge in [0.1, 0.15) is 11.4 Å². The molecule has 1 atom stereocenters. The van der Waals surface area contributed by atoms with Crippen LogP contribution in [-0.2, 0) is 15.6 Å². The molecule has 26 heavy (non-hydrogen) atoms. The molecule has 0 saturated heterocycles. The first-order valence-corrected chi connectivity index (χ1v) is 8.71. The summed E-state index contributed by atoms with van der Waals surface area (Å²) in [5.74, 6) is 0.266. The zero-order valence-corrected chi connectivity index (χ0v) is 14.7. The van der Waals surface area contributed by atoms with E-state index in [2.05, 4.69) is 9.27 Å². The van der Waals surface area contributed by atoms with Crippen LogP contribution in [0.15, 0.2) is 66.9 Å². The minimum absolute atomic E-state index is 0.266. The van der Waals surface area contributed by atoms with Crippen molar-refractivity contribution in [2.24, 2.45) is 0 Å². The fraction of sp³-hybridized carbons (Fsp3) is 0.0526. The van der Waals surface area contributed by atoms with Gasteiger partial charge in [-0.05, 0) is 28.3 Å². The van der Waals surface area contributed by atoms with Crippen LogP contribution in [0.5, 0.6) is 0 Å². The van der Waals surface area contributed by atoms with Gasteiger partial charge >= 0.3 is 0 Å². The summed E-state index contributed by atoms with van der Waals surface area (Å²) in [4.78, 5) is 15.4. The maximum absolute atomic E-state index is 11.4. The molecular formula is C19H15N2O4S-. The topological polar surface area (TPSA) is 82.6 Å². The highest BCUT2D eigenvalue weighted by atomic mass is 32.2. The number of hydrogen-bond donors (Lipinski definition) is 0. The van der Waals surface area contributed by atoms with Crippen molar-refractivity contribution in [3.63, 3.8) is 0 Å². The van der Waals surface area contributed by atoms with Crippen molar-refractivity contribution in [3.05, 3.63) is 72.4 Å². The summed E-state index contributed by atoms with van der Waals surface area (Å²) in [6.07, 6.45) is 2.10. The Bertz CT molecular complexity index is 930. The van der Waals surface area contributed by atoms with Crippen LogP contribution in [0.4, 0.5) is 5.82 Å². The van der Waals surface area contributed by atoms with Gasteiger partial charge in [0.05, 0.1) is 0 Å². The predicted octanol–water partition coefficient (Wildman–Crippen LogP) is 3.39. The molecular weight excluding hydrogens is 352 g/mol. The van der Waals surface area contributed by atoms with Gasteiger partial charge in [0, 0.05) is 18.8 Å². The molecule has 1 aromatic heterocycles. The van der Waals surface area contributed by atoms with Gasteiger partial charge in [-0.25, -0.2) is 14.3 Å². The second-order valence-electron chi connectivity index (χ2n) is 5.47. The molecule has 3 rings (SSSR count). The number of carbonyl (C=O) groups excluding carboxylic acids is 1. The summed E-state index contributed by atoms with van der Waals surface area (Å²) in [6, 6.07) is 19.3. The summed E-state index contributed by atoms with van der Waals surface area (Å²) >= 11 is -2.71. The van der Waals surface area contributed by atoms with E-state index in [4.69, 9.17) is 0 Å². The SMILES string of the molecule is CN(OS(=O)[O-])c1cc(-c2ccc(-c3ccccc3)cc2)c(C=O)cn1. The van der Waals surface area contributed by atoms with E-state index in [1.165, 1.54) is 13.2 Å². The van der Waals surface area contributed by atoms with E-state index in [0.29, 0.717) is 17.4 Å². The molecule has 0 saturated carbocycles. The molecule has 0 spiro atoms. The van der Waals surface area contributed by atoms with Gasteiger partial charge in [-0.15, -0.1) is 0 Å². The lowest BCUT2D eigenvalue weighted by atomic mass is 9.98. The molecule has 3 aromatic rings. The maximum atomic E-state index is 11.4. The smallest absolute Gasteiger partial charge is 0.153 e.